The van der Waals surface area contributed by atoms with E-state index in [1.165, 1.54) is 7.11 Å². The van der Waals surface area contributed by atoms with Gasteiger partial charge in [0.2, 0.25) is 0 Å². The van der Waals surface area contributed by atoms with Crippen LogP contribution in [0.4, 0.5) is 0 Å². The number of H-pyrrole nitrogens is 1. The molecule has 0 fully saturated rings. The number of ether oxygens (including phenoxy) is 1. The van der Waals surface area contributed by atoms with Crippen molar-refractivity contribution in [3.8, 4) is 0 Å². The standard InChI is InChI=1S/C15H20N2O2.ClH/c1-9-12(10-7-5-6-8-11(10)17-9)13(16)15(2,3)14(18)19-4;/h5-8,13,17H,16H2,1-4H3;1H/t13-;/m1./s1. The molecule has 0 amide bonds. The molecular weight excluding hydrogens is 276 g/mol. The molecule has 5 heteroatoms. The molecule has 110 valence electrons. The summed E-state index contributed by atoms with van der Waals surface area (Å²) in [6.07, 6.45) is 0. The van der Waals surface area contributed by atoms with Gasteiger partial charge in [-0.3, -0.25) is 4.79 Å². The van der Waals surface area contributed by atoms with Crippen molar-refractivity contribution >= 4 is 29.3 Å². The maximum absolute atomic E-state index is 11.9. The van der Waals surface area contributed by atoms with Gasteiger partial charge in [-0.1, -0.05) is 18.2 Å². The fraction of sp³-hybridized carbons (Fsp3) is 0.400. The summed E-state index contributed by atoms with van der Waals surface area (Å²) in [4.78, 5) is 15.2. The summed E-state index contributed by atoms with van der Waals surface area (Å²) in [7, 11) is 1.39. The van der Waals surface area contributed by atoms with Gasteiger partial charge in [-0.25, -0.2) is 0 Å². The Morgan fingerprint density at radius 2 is 1.95 bits per heavy atom. The normalized spacial score (nSPS) is 12.8. The number of esters is 1. The molecule has 0 bridgehead atoms. The van der Waals surface area contributed by atoms with Crippen LogP contribution in [0.3, 0.4) is 0 Å². The first kappa shape index (κ1) is 16.5. The zero-order valence-electron chi connectivity index (χ0n) is 12.2. The van der Waals surface area contributed by atoms with E-state index in [0.717, 1.165) is 22.2 Å². The number of halogens is 1. The van der Waals surface area contributed by atoms with Crippen LogP contribution in [0.2, 0.25) is 0 Å². The Morgan fingerprint density at radius 1 is 1.35 bits per heavy atom. The first-order valence-electron chi connectivity index (χ1n) is 6.30. The molecule has 0 aliphatic rings. The van der Waals surface area contributed by atoms with Crippen LogP contribution >= 0.6 is 12.4 Å². The Kier molecular flexibility index (Phi) is 4.84. The number of aromatic amines is 1. The quantitative estimate of drug-likeness (QED) is 0.855. The number of aromatic nitrogens is 1. The van der Waals surface area contributed by atoms with Crippen molar-refractivity contribution in [1.29, 1.82) is 0 Å². The molecule has 0 aliphatic heterocycles. The van der Waals surface area contributed by atoms with Gasteiger partial charge in [0.05, 0.1) is 12.5 Å². The molecule has 3 N–H and O–H groups in total. The van der Waals surface area contributed by atoms with E-state index in [4.69, 9.17) is 10.5 Å². The minimum atomic E-state index is -0.773. The van der Waals surface area contributed by atoms with E-state index in [1.807, 2.05) is 45.0 Å². The van der Waals surface area contributed by atoms with Gasteiger partial charge < -0.3 is 15.5 Å². The molecule has 2 rings (SSSR count). The van der Waals surface area contributed by atoms with Crippen LogP contribution in [-0.2, 0) is 9.53 Å². The van der Waals surface area contributed by atoms with Crippen LogP contribution in [0.1, 0.15) is 31.1 Å². The topological polar surface area (TPSA) is 68.1 Å². The SMILES string of the molecule is COC(=O)C(C)(C)[C@H](N)c1c(C)[nH]c2ccccc12.Cl. The van der Waals surface area contributed by atoms with Crippen molar-refractivity contribution in [2.24, 2.45) is 11.1 Å². The number of carbonyl (C=O) groups is 1. The van der Waals surface area contributed by atoms with Gasteiger partial charge in [0.25, 0.3) is 0 Å². The lowest BCUT2D eigenvalue weighted by molar-refractivity contribution is -0.152. The zero-order chi connectivity index (χ0) is 14.2. The van der Waals surface area contributed by atoms with E-state index in [0.29, 0.717) is 0 Å². The molecule has 1 atom stereocenters. The van der Waals surface area contributed by atoms with Gasteiger partial charge in [-0.15, -0.1) is 12.4 Å². The van der Waals surface area contributed by atoms with Gasteiger partial charge in [0, 0.05) is 22.6 Å². The van der Waals surface area contributed by atoms with Crippen LogP contribution in [0.15, 0.2) is 24.3 Å². The van der Waals surface area contributed by atoms with E-state index in [2.05, 4.69) is 4.98 Å². The maximum atomic E-state index is 11.9. The number of methoxy groups -OCH3 is 1. The van der Waals surface area contributed by atoms with Crippen molar-refractivity contribution in [2.75, 3.05) is 7.11 Å². The Morgan fingerprint density at radius 3 is 2.55 bits per heavy atom. The predicted octanol–water partition coefficient (Wildman–Crippen LogP) is 3.10. The molecule has 1 heterocycles. The Hall–Kier alpha value is -1.52. The highest BCUT2D eigenvalue weighted by Gasteiger charge is 2.38. The average Bonchev–Trinajstić information content (AvgIpc) is 2.72. The molecule has 0 saturated carbocycles. The van der Waals surface area contributed by atoms with Crippen LogP contribution < -0.4 is 5.73 Å². The molecule has 0 radical (unpaired) electrons. The number of rotatable bonds is 3. The van der Waals surface area contributed by atoms with Gasteiger partial charge in [0.15, 0.2) is 0 Å². The lowest BCUT2D eigenvalue weighted by Crippen LogP contribution is -2.37. The average molecular weight is 297 g/mol. The highest BCUT2D eigenvalue weighted by Crippen LogP contribution is 2.37. The van der Waals surface area contributed by atoms with Crippen LogP contribution in [0.5, 0.6) is 0 Å². The fourth-order valence-corrected chi connectivity index (χ4v) is 2.45. The number of fused-ring (bicyclic) bond motifs is 1. The van der Waals surface area contributed by atoms with Gasteiger partial charge >= 0.3 is 5.97 Å². The molecule has 2 aromatic rings. The Bertz CT molecular complexity index is 619. The first-order chi connectivity index (χ1) is 8.89. The molecule has 0 saturated heterocycles. The van der Waals surface area contributed by atoms with Gasteiger partial charge in [-0.2, -0.15) is 0 Å². The summed E-state index contributed by atoms with van der Waals surface area (Å²) < 4.78 is 4.86. The highest BCUT2D eigenvalue weighted by atomic mass is 35.5. The minimum Gasteiger partial charge on any atom is -0.469 e. The van der Waals surface area contributed by atoms with Gasteiger partial charge in [-0.05, 0) is 32.4 Å². The Labute approximate surface area is 125 Å². The predicted molar refractivity (Wildman–Crippen MR) is 83.0 cm³/mol. The van der Waals surface area contributed by atoms with Crippen molar-refractivity contribution in [3.63, 3.8) is 0 Å². The molecular formula is C15H21ClN2O2. The maximum Gasteiger partial charge on any atom is 0.313 e. The number of para-hydroxylation sites is 1. The van der Waals surface area contributed by atoms with E-state index < -0.39 is 11.5 Å². The summed E-state index contributed by atoms with van der Waals surface area (Å²) in [5.41, 5.74) is 8.57. The number of hydrogen-bond donors (Lipinski definition) is 2. The molecule has 1 aromatic carbocycles. The van der Waals surface area contributed by atoms with Gasteiger partial charge in [0.1, 0.15) is 0 Å². The van der Waals surface area contributed by atoms with Crippen molar-refractivity contribution in [1.82, 2.24) is 4.98 Å². The van der Waals surface area contributed by atoms with E-state index in [1.54, 1.807) is 0 Å². The number of aryl methyl sites for hydroxylation is 1. The molecule has 0 unspecified atom stereocenters. The molecule has 0 spiro atoms. The smallest absolute Gasteiger partial charge is 0.313 e. The number of benzene rings is 1. The number of nitrogens with two attached hydrogens (primary N) is 1. The van der Waals surface area contributed by atoms with Crippen molar-refractivity contribution in [3.05, 3.63) is 35.5 Å². The molecule has 20 heavy (non-hydrogen) atoms. The third-order valence-corrected chi connectivity index (χ3v) is 3.74. The number of carbonyl (C=O) groups excluding carboxylic acids is 1. The number of hydrogen-bond acceptors (Lipinski definition) is 3. The number of nitrogens with one attached hydrogen (secondary N) is 1. The molecule has 1 aromatic heterocycles. The third-order valence-electron chi connectivity index (χ3n) is 3.74. The zero-order valence-corrected chi connectivity index (χ0v) is 13.0. The van der Waals surface area contributed by atoms with Crippen LogP contribution in [-0.4, -0.2) is 18.1 Å². The van der Waals surface area contributed by atoms with E-state index in [-0.39, 0.29) is 18.4 Å². The summed E-state index contributed by atoms with van der Waals surface area (Å²) >= 11 is 0. The minimum absolute atomic E-state index is 0. The molecule has 0 aliphatic carbocycles. The highest BCUT2D eigenvalue weighted by molar-refractivity contribution is 5.87. The lowest BCUT2D eigenvalue weighted by atomic mass is 9.80. The van der Waals surface area contributed by atoms with E-state index >= 15 is 0 Å². The summed E-state index contributed by atoms with van der Waals surface area (Å²) in [5.74, 6) is -0.301. The summed E-state index contributed by atoms with van der Waals surface area (Å²) in [5, 5.41) is 1.06. The van der Waals surface area contributed by atoms with Crippen LogP contribution in [0.25, 0.3) is 10.9 Å². The largest absolute Gasteiger partial charge is 0.469 e. The second kappa shape index (κ2) is 5.85. The van der Waals surface area contributed by atoms with Crippen LogP contribution in [0, 0.1) is 12.3 Å². The Balaban J connectivity index is 0.00000200. The lowest BCUT2D eigenvalue weighted by Gasteiger charge is -2.29. The summed E-state index contributed by atoms with van der Waals surface area (Å²) in [6.45, 7) is 5.60. The van der Waals surface area contributed by atoms with E-state index in [9.17, 15) is 4.79 Å². The summed E-state index contributed by atoms with van der Waals surface area (Å²) in [6, 6.07) is 7.54. The fourth-order valence-electron chi connectivity index (χ4n) is 2.45. The van der Waals surface area contributed by atoms with Crippen molar-refractivity contribution < 1.29 is 9.53 Å². The molecule has 4 nitrogen and oxygen atoms in total. The second-order valence-corrected chi connectivity index (χ2v) is 5.40. The van der Waals surface area contributed by atoms with Crippen molar-refractivity contribution in [2.45, 2.75) is 26.8 Å². The third kappa shape index (κ3) is 2.53. The second-order valence-electron chi connectivity index (χ2n) is 5.40. The monoisotopic (exact) mass is 296 g/mol. The first-order valence-corrected chi connectivity index (χ1v) is 6.30.